The molecule has 0 spiro atoms. The summed E-state index contributed by atoms with van der Waals surface area (Å²) in [5.41, 5.74) is 2.07. The van der Waals surface area contributed by atoms with Crippen molar-refractivity contribution in [2.75, 3.05) is 38.5 Å². The van der Waals surface area contributed by atoms with Crippen LogP contribution in [-0.2, 0) is 4.79 Å². The van der Waals surface area contributed by atoms with Gasteiger partial charge in [0.25, 0.3) is 0 Å². The lowest BCUT2D eigenvalue weighted by molar-refractivity contribution is -0.116. The summed E-state index contributed by atoms with van der Waals surface area (Å²) in [5.74, 6) is 0.891. The molecule has 1 aliphatic rings. The zero-order valence-electron chi connectivity index (χ0n) is 13.2. The lowest BCUT2D eigenvalue weighted by atomic mass is 10.1. The molecule has 21 heavy (non-hydrogen) atoms. The Morgan fingerprint density at radius 3 is 3.05 bits per heavy atom. The van der Waals surface area contributed by atoms with Crippen molar-refractivity contribution in [1.82, 2.24) is 10.2 Å². The van der Waals surface area contributed by atoms with Crippen molar-refractivity contribution < 1.29 is 4.79 Å². The van der Waals surface area contributed by atoms with Crippen LogP contribution in [-0.4, -0.2) is 44.0 Å². The van der Waals surface area contributed by atoms with Crippen LogP contribution in [0, 0.1) is 12.8 Å². The van der Waals surface area contributed by atoms with Crippen LogP contribution in [0.3, 0.4) is 0 Å². The maximum atomic E-state index is 11.9. The van der Waals surface area contributed by atoms with E-state index >= 15 is 0 Å². The van der Waals surface area contributed by atoms with E-state index in [1.54, 1.807) is 0 Å². The van der Waals surface area contributed by atoms with Gasteiger partial charge in [0.05, 0.1) is 0 Å². The van der Waals surface area contributed by atoms with Crippen molar-refractivity contribution in [3.63, 3.8) is 0 Å². The van der Waals surface area contributed by atoms with Gasteiger partial charge < -0.3 is 15.5 Å². The Bertz CT molecular complexity index is 461. The van der Waals surface area contributed by atoms with Crippen LogP contribution in [0.25, 0.3) is 0 Å². The third kappa shape index (κ3) is 5.48. The molecule has 116 valence electrons. The maximum absolute atomic E-state index is 11.9. The lowest BCUT2D eigenvalue weighted by Gasteiger charge is -2.15. The highest BCUT2D eigenvalue weighted by atomic mass is 16.1. The van der Waals surface area contributed by atoms with E-state index in [-0.39, 0.29) is 5.91 Å². The predicted molar refractivity (Wildman–Crippen MR) is 87.5 cm³/mol. The van der Waals surface area contributed by atoms with Crippen LogP contribution >= 0.6 is 0 Å². The number of rotatable bonds is 7. The summed E-state index contributed by atoms with van der Waals surface area (Å²) in [6.45, 7) is 6.50. The summed E-state index contributed by atoms with van der Waals surface area (Å²) in [6.07, 6.45) is 2.81. The average molecular weight is 289 g/mol. The van der Waals surface area contributed by atoms with Crippen molar-refractivity contribution >= 4 is 11.6 Å². The van der Waals surface area contributed by atoms with Gasteiger partial charge in [0, 0.05) is 18.7 Å². The van der Waals surface area contributed by atoms with E-state index in [0.717, 1.165) is 31.1 Å². The third-order valence-corrected chi connectivity index (χ3v) is 4.04. The molecule has 1 unspecified atom stereocenters. The Morgan fingerprint density at radius 2 is 2.29 bits per heavy atom. The highest BCUT2D eigenvalue weighted by Crippen LogP contribution is 2.16. The monoisotopic (exact) mass is 289 g/mol. The number of nitrogens with one attached hydrogen (secondary N) is 2. The highest BCUT2D eigenvalue weighted by molar-refractivity contribution is 5.90. The number of hydrogen-bond acceptors (Lipinski definition) is 3. The molecule has 1 fully saturated rings. The number of hydrogen-bond donors (Lipinski definition) is 2. The first kappa shape index (κ1) is 16.0. The molecule has 4 heteroatoms. The maximum Gasteiger partial charge on any atom is 0.224 e. The SMILES string of the molecule is CNCC1CCN(CCCC(=O)Nc2cccc(C)c2)C1. The molecule has 1 amide bonds. The number of nitrogens with zero attached hydrogens (tertiary/aromatic N) is 1. The van der Waals surface area contributed by atoms with Gasteiger partial charge in [-0.1, -0.05) is 12.1 Å². The van der Waals surface area contributed by atoms with Crippen molar-refractivity contribution in [1.29, 1.82) is 0 Å². The van der Waals surface area contributed by atoms with E-state index in [1.165, 1.54) is 25.1 Å². The third-order valence-electron chi connectivity index (χ3n) is 4.04. The second-order valence-corrected chi connectivity index (χ2v) is 6.03. The molecule has 0 aromatic heterocycles. The summed E-state index contributed by atoms with van der Waals surface area (Å²) in [7, 11) is 2.01. The molecule has 4 nitrogen and oxygen atoms in total. The zero-order valence-corrected chi connectivity index (χ0v) is 13.2. The fraction of sp³-hybridized carbons (Fsp3) is 0.588. The van der Waals surface area contributed by atoms with Gasteiger partial charge in [-0.3, -0.25) is 4.79 Å². The van der Waals surface area contributed by atoms with Gasteiger partial charge in [0.2, 0.25) is 5.91 Å². The van der Waals surface area contributed by atoms with Gasteiger partial charge >= 0.3 is 0 Å². The Morgan fingerprint density at radius 1 is 1.43 bits per heavy atom. The molecular formula is C17H27N3O. The van der Waals surface area contributed by atoms with Gasteiger partial charge in [0.15, 0.2) is 0 Å². The minimum atomic E-state index is 0.117. The van der Waals surface area contributed by atoms with Crippen molar-refractivity contribution in [2.45, 2.75) is 26.2 Å². The summed E-state index contributed by atoms with van der Waals surface area (Å²) < 4.78 is 0. The topological polar surface area (TPSA) is 44.4 Å². The summed E-state index contributed by atoms with van der Waals surface area (Å²) in [5, 5.41) is 6.22. The van der Waals surface area contributed by atoms with E-state index in [0.29, 0.717) is 6.42 Å². The van der Waals surface area contributed by atoms with Crippen LogP contribution in [0.5, 0.6) is 0 Å². The summed E-state index contributed by atoms with van der Waals surface area (Å²) in [6, 6.07) is 7.94. The minimum absolute atomic E-state index is 0.117. The zero-order chi connectivity index (χ0) is 15.1. The Labute approximate surface area is 127 Å². The molecular weight excluding hydrogens is 262 g/mol. The predicted octanol–water partition coefficient (Wildman–Crippen LogP) is 2.26. The van der Waals surface area contributed by atoms with Crippen molar-refractivity contribution in [3.05, 3.63) is 29.8 Å². The number of aryl methyl sites for hydroxylation is 1. The first-order chi connectivity index (χ1) is 10.2. The van der Waals surface area contributed by atoms with E-state index in [2.05, 4.69) is 15.5 Å². The Balaban J connectivity index is 1.64. The number of carbonyl (C=O) groups is 1. The molecule has 0 bridgehead atoms. The number of carbonyl (C=O) groups excluding carboxylic acids is 1. The van der Waals surface area contributed by atoms with Crippen LogP contribution in [0.2, 0.25) is 0 Å². The molecule has 2 N–H and O–H groups in total. The second kappa shape index (κ2) is 8.15. The van der Waals surface area contributed by atoms with E-state index in [4.69, 9.17) is 0 Å². The lowest BCUT2D eigenvalue weighted by Crippen LogP contribution is -2.26. The smallest absolute Gasteiger partial charge is 0.224 e. The average Bonchev–Trinajstić information content (AvgIpc) is 2.87. The number of benzene rings is 1. The molecule has 1 aliphatic heterocycles. The van der Waals surface area contributed by atoms with Crippen LogP contribution < -0.4 is 10.6 Å². The summed E-state index contributed by atoms with van der Waals surface area (Å²) >= 11 is 0. The van der Waals surface area contributed by atoms with E-state index < -0.39 is 0 Å². The highest BCUT2D eigenvalue weighted by Gasteiger charge is 2.21. The quantitative estimate of drug-likeness (QED) is 0.809. The fourth-order valence-corrected chi connectivity index (χ4v) is 2.98. The molecule has 1 heterocycles. The molecule has 1 atom stereocenters. The number of amides is 1. The normalized spacial score (nSPS) is 18.9. The first-order valence-corrected chi connectivity index (χ1v) is 7.91. The van der Waals surface area contributed by atoms with Crippen molar-refractivity contribution in [2.24, 2.45) is 5.92 Å². The molecule has 0 radical (unpaired) electrons. The van der Waals surface area contributed by atoms with Gasteiger partial charge in [-0.2, -0.15) is 0 Å². The van der Waals surface area contributed by atoms with Crippen LogP contribution in [0.15, 0.2) is 24.3 Å². The van der Waals surface area contributed by atoms with Crippen LogP contribution in [0.4, 0.5) is 5.69 Å². The second-order valence-electron chi connectivity index (χ2n) is 6.03. The van der Waals surface area contributed by atoms with E-state index in [1.807, 2.05) is 38.2 Å². The van der Waals surface area contributed by atoms with Crippen molar-refractivity contribution in [3.8, 4) is 0 Å². The fourth-order valence-electron chi connectivity index (χ4n) is 2.98. The standard InChI is InChI=1S/C17H27N3O/c1-14-5-3-6-16(11-14)19-17(21)7-4-9-20-10-8-15(13-20)12-18-2/h3,5-6,11,15,18H,4,7-10,12-13H2,1-2H3,(H,19,21). The van der Waals surface area contributed by atoms with Gasteiger partial charge in [-0.15, -0.1) is 0 Å². The molecule has 0 aliphatic carbocycles. The number of likely N-dealkylation sites (tertiary alicyclic amines) is 1. The van der Waals surface area contributed by atoms with Gasteiger partial charge in [-0.25, -0.2) is 0 Å². The molecule has 1 aromatic carbocycles. The molecule has 1 aromatic rings. The molecule has 0 saturated carbocycles. The number of anilines is 1. The first-order valence-electron chi connectivity index (χ1n) is 7.91. The molecule has 1 saturated heterocycles. The van der Waals surface area contributed by atoms with Crippen LogP contribution in [0.1, 0.15) is 24.8 Å². The molecule has 2 rings (SSSR count). The van der Waals surface area contributed by atoms with E-state index in [9.17, 15) is 4.79 Å². The Hall–Kier alpha value is -1.39. The Kier molecular flexibility index (Phi) is 6.21. The summed E-state index contributed by atoms with van der Waals surface area (Å²) in [4.78, 5) is 14.4. The largest absolute Gasteiger partial charge is 0.326 e. The van der Waals surface area contributed by atoms with Gasteiger partial charge in [0.1, 0.15) is 0 Å². The van der Waals surface area contributed by atoms with Gasteiger partial charge in [-0.05, 0) is 70.1 Å². The minimum Gasteiger partial charge on any atom is -0.326 e.